The Morgan fingerprint density at radius 3 is 2.82 bits per heavy atom. The highest BCUT2D eigenvalue weighted by molar-refractivity contribution is 7.92. The van der Waals surface area contributed by atoms with Gasteiger partial charge in [0.05, 0.1) is 12.4 Å². The Bertz CT molecular complexity index is 448. The first-order valence-corrected chi connectivity index (χ1v) is 7.40. The molecule has 0 radical (unpaired) electrons. The molecular weight excluding hydrogens is 262 g/mol. The molecule has 0 aliphatic rings. The first-order valence-electron chi connectivity index (χ1n) is 5.22. The van der Waals surface area contributed by atoms with Crippen molar-refractivity contribution in [3.63, 3.8) is 0 Å². The standard InChI is InChI=1S/C11H16ClNO3S/c1-16-9-10-4-2-5-11(8-10)13-17(14,15)7-3-6-12/h2,4-5,8,13H,3,6-7,9H2,1H3. The Morgan fingerprint density at radius 1 is 1.41 bits per heavy atom. The number of anilines is 1. The van der Waals surface area contributed by atoms with Gasteiger partial charge in [-0.2, -0.15) is 0 Å². The van der Waals surface area contributed by atoms with Crippen LogP contribution in [0.3, 0.4) is 0 Å². The van der Waals surface area contributed by atoms with Crippen LogP contribution in [0.1, 0.15) is 12.0 Å². The van der Waals surface area contributed by atoms with Crippen molar-refractivity contribution in [2.24, 2.45) is 0 Å². The maximum Gasteiger partial charge on any atom is 0.232 e. The molecule has 1 N–H and O–H groups in total. The molecule has 0 spiro atoms. The average Bonchev–Trinajstić information content (AvgIpc) is 2.27. The zero-order chi connectivity index (χ0) is 12.7. The van der Waals surface area contributed by atoms with Gasteiger partial charge in [0.2, 0.25) is 10.0 Å². The summed E-state index contributed by atoms with van der Waals surface area (Å²) in [5, 5.41) is 0. The van der Waals surface area contributed by atoms with E-state index >= 15 is 0 Å². The Balaban J connectivity index is 2.70. The topological polar surface area (TPSA) is 55.4 Å². The monoisotopic (exact) mass is 277 g/mol. The normalized spacial score (nSPS) is 11.4. The van der Waals surface area contributed by atoms with Crippen LogP contribution in [0.15, 0.2) is 24.3 Å². The number of benzene rings is 1. The van der Waals surface area contributed by atoms with Crippen molar-refractivity contribution >= 4 is 27.3 Å². The summed E-state index contributed by atoms with van der Waals surface area (Å²) in [7, 11) is -1.71. The van der Waals surface area contributed by atoms with E-state index in [4.69, 9.17) is 16.3 Å². The van der Waals surface area contributed by atoms with Crippen molar-refractivity contribution in [1.82, 2.24) is 0 Å². The van der Waals surface area contributed by atoms with Crippen molar-refractivity contribution in [2.45, 2.75) is 13.0 Å². The van der Waals surface area contributed by atoms with Gasteiger partial charge in [-0.3, -0.25) is 4.72 Å². The molecule has 96 valence electrons. The summed E-state index contributed by atoms with van der Waals surface area (Å²) in [5.74, 6) is 0.371. The van der Waals surface area contributed by atoms with Crippen LogP contribution < -0.4 is 4.72 Å². The molecule has 0 heterocycles. The second-order valence-corrected chi connectivity index (χ2v) is 5.82. The average molecular weight is 278 g/mol. The van der Waals surface area contributed by atoms with Crippen molar-refractivity contribution in [1.29, 1.82) is 0 Å². The molecule has 1 aromatic carbocycles. The van der Waals surface area contributed by atoms with E-state index in [0.717, 1.165) is 5.56 Å². The highest BCUT2D eigenvalue weighted by Gasteiger charge is 2.09. The Kier molecular flexibility index (Phi) is 5.74. The molecule has 0 aliphatic heterocycles. The summed E-state index contributed by atoms with van der Waals surface area (Å²) >= 11 is 5.47. The number of nitrogens with one attached hydrogen (secondary N) is 1. The van der Waals surface area contributed by atoms with E-state index in [9.17, 15) is 8.42 Å². The van der Waals surface area contributed by atoms with Crippen molar-refractivity contribution in [3.8, 4) is 0 Å². The molecular formula is C11H16ClNO3S. The second kappa shape index (κ2) is 6.83. The van der Waals surface area contributed by atoms with E-state index in [2.05, 4.69) is 4.72 Å². The quantitative estimate of drug-likeness (QED) is 0.778. The minimum Gasteiger partial charge on any atom is -0.380 e. The lowest BCUT2D eigenvalue weighted by atomic mass is 10.2. The number of ether oxygens (including phenoxy) is 1. The molecule has 0 amide bonds. The third-order valence-electron chi connectivity index (χ3n) is 2.06. The fourth-order valence-electron chi connectivity index (χ4n) is 1.37. The summed E-state index contributed by atoms with van der Waals surface area (Å²) in [4.78, 5) is 0. The number of methoxy groups -OCH3 is 1. The molecule has 0 saturated heterocycles. The van der Waals surface area contributed by atoms with Crippen LogP contribution in [0.25, 0.3) is 0 Å². The van der Waals surface area contributed by atoms with Gasteiger partial charge in [-0.05, 0) is 24.1 Å². The van der Waals surface area contributed by atoms with Crippen LogP contribution in [0.4, 0.5) is 5.69 Å². The summed E-state index contributed by atoms with van der Waals surface area (Å²) in [5.41, 5.74) is 1.47. The molecule has 0 atom stereocenters. The molecule has 0 bridgehead atoms. The van der Waals surface area contributed by atoms with Crippen LogP contribution in [0, 0.1) is 0 Å². The second-order valence-electron chi connectivity index (χ2n) is 3.60. The first-order chi connectivity index (χ1) is 8.07. The molecule has 0 aliphatic carbocycles. The number of hydrogen-bond acceptors (Lipinski definition) is 3. The molecule has 1 rings (SSSR count). The van der Waals surface area contributed by atoms with Crippen molar-refractivity contribution < 1.29 is 13.2 Å². The summed E-state index contributed by atoms with van der Waals surface area (Å²) in [6.07, 6.45) is 0.439. The van der Waals surface area contributed by atoms with Gasteiger partial charge >= 0.3 is 0 Å². The molecule has 17 heavy (non-hydrogen) atoms. The lowest BCUT2D eigenvalue weighted by molar-refractivity contribution is 0.185. The highest BCUT2D eigenvalue weighted by atomic mass is 35.5. The van der Waals surface area contributed by atoms with E-state index in [1.165, 1.54) is 0 Å². The summed E-state index contributed by atoms with van der Waals surface area (Å²) < 4.78 is 30.7. The highest BCUT2D eigenvalue weighted by Crippen LogP contribution is 2.13. The zero-order valence-corrected chi connectivity index (χ0v) is 11.2. The van der Waals surface area contributed by atoms with E-state index in [-0.39, 0.29) is 5.75 Å². The summed E-state index contributed by atoms with van der Waals surface area (Å²) in [6.45, 7) is 0.456. The van der Waals surface area contributed by atoms with Crippen LogP contribution in [-0.4, -0.2) is 27.2 Å². The predicted molar refractivity (Wildman–Crippen MR) is 69.9 cm³/mol. The maximum absolute atomic E-state index is 11.6. The smallest absolute Gasteiger partial charge is 0.232 e. The van der Waals surface area contributed by atoms with E-state index < -0.39 is 10.0 Å². The molecule has 1 aromatic rings. The van der Waals surface area contributed by atoms with Gasteiger partial charge in [-0.1, -0.05) is 12.1 Å². The van der Waals surface area contributed by atoms with E-state index in [1.807, 2.05) is 6.07 Å². The molecule has 6 heteroatoms. The SMILES string of the molecule is COCc1cccc(NS(=O)(=O)CCCCl)c1. The van der Waals surface area contributed by atoms with Gasteiger partial charge in [-0.15, -0.1) is 11.6 Å². The molecule has 0 saturated carbocycles. The molecule has 0 fully saturated rings. The van der Waals surface area contributed by atoms with Gasteiger partial charge in [0.1, 0.15) is 0 Å². The van der Waals surface area contributed by atoms with Crippen molar-refractivity contribution in [3.05, 3.63) is 29.8 Å². The summed E-state index contributed by atoms with van der Waals surface area (Å²) in [6, 6.07) is 7.12. The van der Waals surface area contributed by atoms with Gasteiger partial charge in [-0.25, -0.2) is 8.42 Å². The van der Waals surface area contributed by atoms with Gasteiger partial charge in [0.15, 0.2) is 0 Å². The minimum atomic E-state index is -3.30. The van der Waals surface area contributed by atoms with Crippen LogP contribution in [0.2, 0.25) is 0 Å². The van der Waals surface area contributed by atoms with Gasteiger partial charge in [0, 0.05) is 18.7 Å². The minimum absolute atomic E-state index is 0.0327. The van der Waals surface area contributed by atoms with E-state index in [0.29, 0.717) is 24.6 Å². The largest absolute Gasteiger partial charge is 0.380 e. The van der Waals surface area contributed by atoms with Gasteiger partial charge < -0.3 is 4.74 Å². The Hall–Kier alpha value is -0.780. The lowest BCUT2D eigenvalue weighted by Gasteiger charge is -2.08. The molecule has 0 unspecified atom stereocenters. The van der Waals surface area contributed by atoms with E-state index in [1.54, 1.807) is 25.3 Å². The fourth-order valence-corrected chi connectivity index (χ4v) is 2.77. The zero-order valence-electron chi connectivity index (χ0n) is 9.65. The third kappa shape index (κ3) is 5.39. The van der Waals surface area contributed by atoms with Crippen LogP contribution in [-0.2, 0) is 21.4 Å². The molecule has 0 aromatic heterocycles. The predicted octanol–water partition coefficient (Wildman–Crippen LogP) is 2.20. The third-order valence-corrected chi connectivity index (χ3v) is 3.70. The number of rotatable bonds is 7. The number of hydrogen-bond donors (Lipinski definition) is 1. The number of halogens is 1. The van der Waals surface area contributed by atoms with Gasteiger partial charge in [0.25, 0.3) is 0 Å². The number of sulfonamides is 1. The molecule has 4 nitrogen and oxygen atoms in total. The first kappa shape index (κ1) is 14.3. The van der Waals surface area contributed by atoms with Crippen LogP contribution >= 0.6 is 11.6 Å². The van der Waals surface area contributed by atoms with Crippen molar-refractivity contribution in [2.75, 3.05) is 23.5 Å². The lowest BCUT2D eigenvalue weighted by Crippen LogP contribution is -2.17. The Labute approximate surface area is 107 Å². The fraction of sp³-hybridized carbons (Fsp3) is 0.455. The maximum atomic E-state index is 11.6. The van der Waals surface area contributed by atoms with Crippen LogP contribution in [0.5, 0.6) is 0 Å². The Morgan fingerprint density at radius 2 is 2.18 bits per heavy atom. The number of alkyl halides is 1.